The summed E-state index contributed by atoms with van der Waals surface area (Å²) >= 11 is 0. The second-order valence-electron chi connectivity index (χ2n) is 5.84. The van der Waals surface area contributed by atoms with Gasteiger partial charge >= 0.3 is 0 Å². The molecule has 0 saturated carbocycles. The number of benzene rings is 2. The van der Waals surface area contributed by atoms with Crippen LogP contribution in [-0.2, 0) is 6.42 Å². The molecule has 0 radical (unpaired) electrons. The number of rotatable bonds is 3. The molecule has 3 rings (SSSR count). The lowest BCUT2D eigenvalue weighted by molar-refractivity contribution is 0.102. The van der Waals surface area contributed by atoms with Crippen molar-refractivity contribution in [2.24, 2.45) is 0 Å². The van der Waals surface area contributed by atoms with E-state index in [0.717, 1.165) is 22.2 Å². The average Bonchev–Trinajstić information content (AvgIpc) is 2.57. The molecular weight excluding hydrogens is 303 g/mol. The molecule has 2 aromatic carbocycles. The Morgan fingerprint density at radius 1 is 1.17 bits per heavy atom. The van der Waals surface area contributed by atoms with Crippen molar-refractivity contribution in [2.75, 3.05) is 5.32 Å². The molecule has 3 nitrogen and oxygen atoms in total. The van der Waals surface area contributed by atoms with E-state index in [4.69, 9.17) is 0 Å². The summed E-state index contributed by atoms with van der Waals surface area (Å²) in [7, 11) is 0. The lowest BCUT2D eigenvalue weighted by Crippen LogP contribution is -2.18. The van der Waals surface area contributed by atoms with Crippen LogP contribution in [0.2, 0.25) is 0 Å². The van der Waals surface area contributed by atoms with Crippen molar-refractivity contribution >= 4 is 22.5 Å². The predicted octanol–water partition coefficient (Wildman–Crippen LogP) is 4.81. The van der Waals surface area contributed by atoms with Crippen LogP contribution in [0.3, 0.4) is 0 Å². The van der Waals surface area contributed by atoms with Crippen LogP contribution < -0.4 is 5.32 Å². The Bertz CT molecular complexity index is 934. The van der Waals surface area contributed by atoms with E-state index in [1.54, 1.807) is 13.0 Å². The molecule has 1 amide bonds. The maximum Gasteiger partial charge on any atom is 0.257 e. The summed E-state index contributed by atoms with van der Waals surface area (Å²) in [6.45, 7) is 5.69. The Morgan fingerprint density at radius 3 is 2.62 bits per heavy atom. The van der Waals surface area contributed by atoms with Gasteiger partial charge in [0.2, 0.25) is 0 Å². The smallest absolute Gasteiger partial charge is 0.257 e. The summed E-state index contributed by atoms with van der Waals surface area (Å²) in [6, 6.07) is 12.1. The van der Waals surface area contributed by atoms with E-state index in [2.05, 4.69) is 10.3 Å². The summed E-state index contributed by atoms with van der Waals surface area (Å²) in [5, 5.41) is 3.86. The number of anilines is 1. The van der Waals surface area contributed by atoms with Crippen LogP contribution >= 0.6 is 0 Å². The lowest BCUT2D eigenvalue weighted by Gasteiger charge is -2.15. The Labute approximate surface area is 140 Å². The van der Waals surface area contributed by atoms with Crippen molar-refractivity contribution < 1.29 is 9.18 Å². The number of nitrogens with one attached hydrogen (secondary N) is 1. The van der Waals surface area contributed by atoms with Gasteiger partial charge in [0.15, 0.2) is 0 Å². The number of aryl methyl sites for hydroxylation is 3. The first kappa shape index (κ1) is 16.1. The minimum absolute atomic E-state index is 0.211. The predicted molar refractivity (Wildman–Crippen MR) is 94.9 cm³/mol. The minimum Gasteiger partial charge on any atom is -0.322 e. The second kappa shape index (κ2) is 6.40. The number of aromatic nitrogens is 1. The van der Waals surface area contributed by atoms with Crippen molar-refractivity contribution in [3.05, 3.63) is 70.7 Å². The number of carbonyl (C=O) groups is 1. The minimum atomic E-state index is -0.316. The van der Waals surface area contributed by atoms with Crippen molar-refractivity contribution in [3.8, 4) is 0 Å². The van der Waals surface area contributed by atoms with Gasteiger partial charge in [0.05, 0.1) is 16.8 Å². The summed E-state index contributed by atoms with van der Waals surface area (Å²) in [4.78, 5) is 17.5. The van der Waals surface area contributed by atoms with Crippen LogP contribution in [0.25, 0.3) is 10.9 Å². The van der Waals surface area contributed by atoms with Gasteiger partial charge in [-0.3, -0.25) is 9.78 Å². The van der Waals surface area contributed by atoms with Crippen LogP contribution in [0.5, 0.6) is 0 Å². The molecule has 4 heteroatoms. The van der Waals surface area contributed by atoms with E-state index in [9.17, 15) is 9.18 Å². The van der Waals surface area contributed by atoms with E-state index in [0.29, 0.717) is 23.2 Å². The topological polar surface area (TPSA) is 42.0 Å². The molecule has 0 atom stereocenters. The quantitative estimate of drug-likeness (QED) is 0.752. The standard InChI is InChI=1S/C20H19FN2O/c1-4-16-19(13(3)15-7-5-6-8-18(15)22-16)20(24)23-17-10-9-14(21)11-12(17)2/h5-11H,4H2,1-3H3,(H,23,24). The molecule has 0 aliphatic rings. The first-order valence-electron chi connectivity index (χ1n) is 7.97. The molecule has 0 saturated heterocycles. The maximum absolute atomic E-state index is 13.2. The molecule has 24 heavy (non-hydrogen) atoms. The van der Waals surface area contributed by atoms with Gasteiger partial charge in [-0.25, -0.2) is 4.39 Å². The van der Waals surface area contributed by atoms with Gasteiger partial charge in [0.1, 0.15) is 5.82 Å². The molecular formula is C20H19FN2O. The highest BCUT2D eigenvalue weighted by atomic mass is 19.1. The highest BCUT2D eigenvalue weighted by Gasteiger charge is 2.18. The summed E-state index contributed by atoms with van der Waals surface area (Å²) in [5.74, 6) is -0.527. The zero-order chi connectivity index (χ0) is 17.3. The molecule has 1 N–H and O–H groups in total. The average molecular weight is 322 g/mol. The van der Waals surface area contributed by atoms with Crippen LogP contribution in [0, 0.1) is 19.7 Å². The Balaban J connectivity index is 2.07. The molecule has 0 aliphatic heterocycles. The third-order valence-corrected chi connectivity index (χ3v) is 4.23. The van der Waals surface area contributed by atoms with Crippen molar-refractivity contribution in [1.82, 2.24) is 4.98 Å². The monoisotopic (exact) mass is 322 g/mol. The second-order valence-corrected chi connectivity index (χ2v) is 5.84. The molecule has 0 unspecified atom stereocenters. The molecule has 1 heterocycles. The zero-order valence-corrected chi connectivity index (χ0v) is 14.0. The molecule has 3 aromatic rings. The third-order valence-electron chi connectivity index (χ3n) is 4.23. The third kappa shape index (κ3) is 2.87. The number of para-hydroxylation sites is 1. The number of halogens is 1. The Morgan fingerprint density at radius 2 is 1.92 bits per heavy atom. The van der Waals surface area contributed by atoms with Gasteiger partial charge < -0.3 is 5.32 Å². The fourth-order valence-corrected chi connectivity index (χ4v) is 2.95. The van der Waals surface area contributed by atoms with Gasteiger partial charge in [0.25, 0.3) is 5.91 Å². The Hall–Kier alpha value is -2.75. The highest BCUT2D eigenvalue weighted by Crippen LogP contribution is 2.25. The largest absolute Gasteiger partial charge is 0.322 e. The van der Waals surface area contributed by atoms with Crippen LogP contribution in [0.4, 0.5) is 10.1 Å². The van der Waals surface area contributed by atoms with Gasteiger partial charge in [-0.2, -0.15) is 0 Å². The van der Waals surface area contributed by atoms with E-state index < -0.39 is 0 Å². The van der Waals surface area contributed by atoms with E-state index in [1.807, 2.05) is 38.1 Å². The lowest BCUT2D eigenvalue weighted by atomic mass is 9.99. The summed E-state index contributed by atoms with van der Waals surface area (Å²) in [5.41, 5.74) is 4.46. The van der Waals surface area contributed by atoms with Crippen LogP contribution in [-0.4, -0.2) is 10.9 Å². The number of carbonyl (C=O) groups excluding carboxylic acids is 1. The molecule has 122 valence electrons. The van der Waals surface area contributed by atoms with Crippen molar-refractivity contribution in [2.45, 2.75) is 27.2 Å². The van der Waals surface area contributed by atoms with E-state index in [-0.39, 0.29) is 11.7 Å². The van der Waals surface area contributed by atoms with Crippen LogP contribution in [0.15, 0.2) is 42.5 Å². The molecule has 0 fully saturated rings. The summed E-state index contributed by atoms with van der Waals surface area (Å²) < 4.78 is 13.2. The van der Waals surface area contributed by atoms with Gasteiger partial charge in [-0.1, -0.05) is 25.1 Å². The molecule has 1 aromatic heterocycles. The molecule has 0 spiro atoms. The SMILES string of the molecule is CCc1nc2ccccc2c(C)c1C(=O)Nc1ccc(F)cc1C. The first-order chi connectivity index (χ1) is 11.5. The van der Waals surface area contributed by atoms with E-state index >= 15 is 0 Å². The van der Waals surface area contributed by atoms with Crippen molar-refractivity contribution in [3.63, 3.8) is 0 Å². The Kier molecular flexibility index (Phi) is 4.30. The number of amides is 1. The fraction of sp³-hybridized carbons (Fsp3) is 0.200. The number of hydrogen-bond acceptors (Lipinski definition) is 2. The maximum atomic E-state index is 13.2. The molecule has 0 bridgehead atoms. The number of pyridine rings is 1. The van der Waals surface area contributed by atoms with Gasteiger partial charge in [-0.15, -0.1) is 0 Å². The zero-order valence-electron chi connectivity index (χ0n) is 14.0. The normalized spacial score (nSPS) is 10.8. The number of hydrogen-bond donors (Lipinski definition) is 1. The van der Waals surface area contributed by atoms with Gasteiger partial charge in [0, 0.05) is 11.1 Å². The summed E-state index contributed by atoms with van der Waals surface area (Å²) in [6.07, 6.45) is 0.664. The van der Waals surface area contributed by atoms with Crippen molar-refractivity contribution in [1.29, 1.82) is 0 Å². The highest BCUT2D eigenvalue weighted by molar-refractivity contribution is 6.08. The fourth-order valence-electron chi connectivity index (χ4n) is 2.95. The van der Waals surface area contributed by atoms with E-state index in [1.165, 1.54) is 12.1 Å². The molecule has 0 aliphatic carbocycles. The first-order valence-corrected chi connectivity index (χ1v) is 7.97. The van der Waals surface area contributed by atoms with Gasteiger partial charge in [-0.05, 0) is 55.7 Å². The number of fused-ring (bicyclic) bond motifs is 1. The number of nitrogens with zero attached hydrogens (tertiary/aromatic N) is 1. The van der Waals surface area contributed by atoms with Crippen LogP contribution in [0.1, 0.15) is 34.1 Å².